The highest BCUT2D eigenvalue weighted by Crippen LogP contribution is 2.30. The molecule has 1 aromatic carbocycles. The number of nitrogens with zero attached hydrogens (tertiary/aromatic N) is 1. The number of nitrogens with one attached hydrogen (secondary N) is 1. The molecule has 4 nitrogen and oxygen atoms in total. The van der Waals surface area contributed by atoms with Crippen LogP contribution in [0, 0.1) is 21.8 Å². The maximum Gasteiger partial charge on any atom is 0.272 e. The van der Waals surface area contributed by atoms with Crippen LogP contribution in [0.3, 0.4) is 0 Å². The number of hydrogen-bond acceptors (Lipinski definition) is 3. The lowest BCUT2D eigenvalue weighted by molar-refractivity contribution is -0.385. The van der Waals surface area contributed by atoms with Gasteiger partial charge in [-0.05, 0) is 43.9 Å². The second-order valence-corrected chi connectivity index (χ2v) is 5.80. The molecule has 21 heavy (non-hydrogen) atoms. The first kappa shape index (κ1) is 15.9. The van der Waals surface area contributed by atoms with E-state index in [2.05, 4.69) is 12.2 Å². The van der Waals surface area contributed by atoms with E-state index in [0.717, 1.165) is 31.9 Å². The third-order valence-electron chi connectivity index (χ3n) is 4.35. The molecule has 1 N–H and O–H groups in total. The van der Waals surface area contributed by atoms with Crippen LogP contribution < -0.4 is 5.32 Å². The van der Waals surface area contributed by atoms with E-state index in [4.69, 9.17) is 0 Å². The fraction of sp³-hybridized carbons (Fsp3) is 0.625. The lowest BCUT2D eigenvalue weighted by Gasteiger charge is -2.26. The van der Waals surface area contributed by atoms with Gasteiger partial charge in [-0.25, -0.2) is 4.39 Å². The van der Waals surface area contributed by atoms with Crippen LogP contribution in [0.25, 0.3) is 0 Å². The third-order valence-corrected chi connectivity index (χ3v) is 4.35. The fourth-order valence-corrected chi connectivity index (χ4v) is 3.34. The standard InChI is InChI=1S/C16H23FN2O2/c1-2-18-15-7-5-3-4-6-12(15)10-13-11-14(17)8-9-16(13)19(20)21/h8-9,11-12,15,18H,2-7,10H2,1H3. The van der Waals surface area contributed by atoms with E-state index in [-0.39, 0.29) is 5.69 Å². The lowest BCUT2D eigenvalue weighted by atomic mass is 9.87. The van der Waals surface area contributed by atoms with Crippen molar-refractivity contribution in [3.05, 3.63) is 39.7 Å². The van der Waals surface area contributed by atoms with Crippen molar-refractivity contribution in [3.8, 4) is 0 Å². The van der Waals surface area contributed by atoms with Crippen molar-refractivity contribution < 1.29 is 9.31 Å². The molecule has 0 aliphatic heterocycles. The molecule has 1 fully saturated rings. The van der Waals surface area contributed by atoms with E-state index in [9.17, 15) is 14.5 Å². The second kappa shape index (κ2) is 7.50. The zero-order chi connectivity index (χ0) is 15.2. The van der Waals surface area contributed by atoms with Gasteiger partial charge in [0.25, 0.3) is 5.69 Å². The van der Waals surface area contributed by atoms with Crippen molar-refractivity contribution in [2.75, 3.05) is 6.54 Å². The first-order chi connectivity index (χ1) is 10.1. The molecule has 0 aromatic heterocycles. The smallest absolute Gasteiger partial charge is 0.272 e. The molecule has 1 saturated carbocycles. The van der Waals surface area contributed by atoms with Crippen LogP contribution in [-0.4, -0.2) is 17.5 Å². The summed E-state index contributed by atoms with van der Waals surface area (Å²) in [5, 5.41) is 14.6. The van der Waals surface area contributed by atoms with Crippen LogP contribution in [0.1, 0.15) is 44.6 Å². The summed E-state index contributed by atoms with van der Waals surface area (Å²) in [7, 11) is 0. The third kappa shape index (κ3) is 4.24. The average molecular weight is 294 g/mol. The number of benzene rings is 1. The molecule has 116 valence electrons. The van der Waals surface area contributed by atoms with Crippen molar-refractivity contribution in [2.45, 2.75) is 51.5 Å². The number of rotatable bonds is 5. The Kier molecular flexibility index (Phi) is 5.67. The molecular weight excluding hydrogens is 271 g/mol. The van der Waals surface area contributed by atoms with Crippen molar-refractivity contribution >= 4 is 5.69 Å². The summed E-state index contributed by atoms with van der Waals surface area (Å²) in [5.74, 6) is -0.0582. The van der Waals surface area contributed by atoms with Gasteiger partial charge in [0.15, 0.2) is 0 Å². The Morgan fingerprint density at radius 3 is 2.81 bits per heavy atom. The summed E-state index contributed by atoms with van der Waals surface area (Å²) in [5.41, 5.74) is 0.561. The van der Waals surface area contributed by atoms with Crippen molar-refractivity contribution in [1.82, 2.24) is 5.32 Å². The zero-order valence-electron chi connectivity index (χ0n) is 12.5. The van der Waals surface area contributed by atoms with E-state index in [0.29, 0.717) is 23.9 Å². The van der Waals surface area contributed by atoms with Crippen molar-refractivity contribution in [1.29, 1.82) is 0 Å². The Labute approximate surface area is 124 Å². The molecular formula is C16H23FN2O2. The Morgan fingerprint density at radius 1 is 1.33 bits per heavy atom. The molecule has 2 atom stereocenters. The highest BCUT2D eigenvalue weighted by Gasteiger charge is 2.26. The molecule has 5 heteroatoms. The van der Waals surface area contributed by atoms with Gasteiger partial charge < -0.3 is 5.32 Å². The quantitative estimate of drug-likeness (QED) is 0.510. The summed E-state index contributed by atoms with van der Waals surface area (Å²) in [6, 6.07) is 4.15. The van der Waals surface area contributed by atoms with Gasteiger partial charge in [0, 0.05) is 17.7 Å². The summed E-state index contributed by atoms with van der Waals surface area (Å²) in [4.78, 5) is 10.7. The Balaban J connectivity index is 2.21. The zero-order valence-corrected chi connectivity index (χ0v) is 12.5. The topological polar surface area (TPSA) is 55.2 Å². The molecule has 2 unspecified atom stereocenters. The van der Waals surface area contributed by atoms with E-state index < -0.39 is 10.7 Å². The maximum atomic E-state index is 13.5. The SMILES string of the molecule is CCNC1CCCCCC1Cc1cc(F)ccc1[N+](=O)[O-]. The molecule has 1 aliphatic rings. The summed E-state index contributed by atoms with van der Waals surface area (Å²) >= 11 is 0. The Hall–Kier alpha value is -1.49. The molecule has 0 bridgehead atoms. The minimum absolute atomic E-state index is 0.0379. The maximum absolute atomic E-state index is 13.5. The van der Waals surface area contributed by atoms with E-state index in [1.807, 2.05) is 0 Å². The molecule has 0 heterocycles. The highest BCUT2D eigenvalue weighted by molar-refractivity contribution is 5.40. The minimum atomic E-state index is -0.409. The van der Waals surface area contributed by atoms with Gasteiger partial charge in [-0.1, -0.05) is 26.2 Å². The van der Waals surface area contributed by atoms with Crippen LogP contribution >= 0.6 is 0 Å². The number of nitro groups is 1. The summed E-state index contributed by atoms with van der Waals surface area (Å²) in [6.07, 6.45) is 6.28. The lowest BCUT2D eigenvalue weighted by Crippen LogP contribution is -2.36. The molecule has 0 saturated heterocycles. The van der Waals surface area contributed by atoms with Crippen LogP contribution in [0.15, 0.2) is 18.2 Å². The molecule has 1 aromatic rings. The highest BCUT2D eigenvalue weighted by atomic mass is 19.1. The van der Waals surface area contributed by atoms with Crippen molar-refractivity contribution in [3.63, 3.8) is 0 Å². The average Bonchev–Trinajstić information content (AvgIpc) is 2.65. The van der Waals surface area contributed by atoms with Gasteiger partial charge in [-0.15, -0.1) is 0 Å². The Morgan fingerprint density at radius 2 is 2.10 bits per heavy atom. The van der Waals surface area contributed by atoms with Crippen LogP contribution in [0.2, 0.25) is 0 Å². The monoisotopic (exact) mass is 294 g/mol. The van der Waals surface area contributed by atoms with E-state index in [1.165, 1.54) is 25.0 Å². The number of nitro benzene ring substituents is 1. The first-order valence-corrected chi connectivity index (χ1v) is 7.78. The predicted molar refractivity (Wildman–Crippen MR) is 80.8 cm³/mol. The van der Waals surface area contributed by atoms with Crippen LogP contribution in [-0.2, 0) is 6.42 Å². The van der Waals surface area contributed by atoms with Crippen LogP contribution in [0.5, 0.6) is 0 Å². The van der Waals surface area contributed by atoms with Gasteiger partial charge in [0.05, 0.1) is 4.92 Å². The van der Waals surface area contributed by atoms with Gasteiger partial charge in [0.1, 0.15) is 5.82 Å². The molecule has 0 amide bonds. The largest absolute Gasteiger partial charge is 0.314 e. The van der Waals surface area contributed by atoms with E-state index >= 15 is 0 Å². The van der Waals surface area contributed by atoms with E-state index in [1.54, 1.807) is 0 Å². The predicted octanol–water partition coefficient (Wildman–Crippen LogP) is 3.83. The summed E-state index contributed by atoms with van der Waals surface area (Å²) < 4.78 is 13.5. The molecule has 0 spiro atoms. The minimum Gasteiger partial charge on any atom is -0.314 e. The number of halogens is 1. The molecule has 0 radical (unpaired) electrons. The normalized spacial score (nSPS) is 22.8. The summed E-state index contributed by atoms with van der Waals surface area (Å²) in [6.45, 7) is 2.97. The second-order valence-electron chi connectivity index (χ2n) is 5.80. The van der Waals surface area contributed by atoms with Gasteiger partial charge in [0.2, 0.25) is 0 Å². The van der Waals surface area contributed by atoms with Crippen molar-refractivity contribution in [2.24, 2.45) is 5.92 Å². The molecule has 1 aliphatic carbocycles. The number of hydrogen-bond donors (Lipinski definition) is 1. The van der Waals surface area contributed by atoms with Crippen LogP contribution in [0.4, 0.5) is 10.1 Å². The van der Waals surface area contributed by atoms with Gasteiger partial charge in [-0.2, -0.15) is 0 Å². The Bertz CT molecular complexity index is 493. The van der Waals surface area contributed by atoms with Gasteiger partial charge in [-0.3, -0.25) is 10.1 Å². The fourth-order valence-electron chi connectivity index (χ4n) is 3.34. The molecule has 2 rings (SSSR count). The first-order valence-electron chi connectivity index (χ1n) is 7.78. The van der Waals surface area contributed by atoms with Gasteiger partial charge >= 0.3 is 0 Å².